The molecule has 11 aromatic carbocycles. The van der Waals surface area contributed by atoms with Crippen molar-refractivity contribution in [3.05, 3.63) is 269 Å². The van der Waals surface area contributed by atoms with E-state index in [4.69, 9.17) is 0 Å². The predicted molar refractivity (Wildman–Crippen MR) is 288 cm³/mol. The molecule has 1 heteroatoms. The van der Waals surface area contributed by atoms with Gasteiger partial charge in [0.15, 0.2) is 0 Å². The van der Waals surface area contributed by atoms with Crippen LogP contribution in [0.5, 0.6) is 0 Å². The van der Waals surface area contributed by atoms with Gasteiger partial charge in [-0.3, -0.25) is 0 Å². The monoisotopic (exact) mass is 867 g/mol. The van der Waals surface area contributed by atoms with Crippen molar-refractivity contribution in [1.82, 2.24) is 0 Å². The topological polar surface area (TPSA) is 3.24 Å². The van der Waals surface area contributed by atoms with E-state index in [1.807, 2.05) is 0 Å². The van der Waals surface area contributed by atoms with Crippen molar-refractivity contribution in [1.29, 1.82) is 0 Å². The van der Waals surface area contributed by atoms with E-state index < -0.39 is 5.41 Å². The van der Waals surface area contributed by atoms with Crippen molar-refractivity contribution < 1.29 is 0 Å². The van der Waals surface area contributed by atoms with Crippen molar-refractivity contribution in [3.8, 4) is 55.6 Å². The lowest BCUT2D eigenvalue weighted by molar-refractivity contribution is 0.769. The van der Waals surface area contributed by atoms with E-state index in [9.17, 15) is 0 Å². The molecule has 11 aromatic rings. The van der Waals surface area contributed by atoms with Gasteiger partial charge < -0.3 is 4.90 Å². The van der Waals surface area contributed by atoms with Gasteiger partial charge in [-0.05, 0) is 181 Å². The fraction of sp³-hybridized carbons (Fsp3) is 0.0746. The van der Waals surface area contributed by atoms with Crippen molar-refractivity contribution in [3.63, 3.8) is 0 Å². The third-order valence-corrected chi connectivity index (χ3v) is 15.0. The van der Waals surface area contributed by atoms with Gasteiger partial charge in [0.2, 0.25) is 0 Å². The number of fused-ring (bicyclic) bond motifs is 8. The maximum absolute atomic E-state index is 2.63. The minimum atomic E-state index is -0.655. The number of hydrogen-bond acceptors (Lipinski definition) is 1. The number of aryl methyl sites for hydroxylation is 4. The Kier molecular flexibility index (Phi) is 9.07. The van der Waals surface area contributed by atoms with Gasteiger partial charge in [0.1, 0.15) is 0 Å². The Balaban J connectivity index is 1.21. The Morgan fingerprint density at radius 2 is 0.779 bits per heavy atom. The summed E-state index contributed by atoms with van der Waals surface area (Å²) in [4.78, 5) is 2.40. The van der Waals surface area contributed by atoms with E-state index in [1.54, 1.807) is 0 Å². The molecule has 0 radical (unpaired) electrons. The van der Waals surface area contributed by atoms with Gasteiger partial charge in [-0.15, -0.1) is 0 Å². The molecule has 0 amide bonds. The first-order chi connectivity index (χ1) is 33.4. The number of benzene rings is 11. The second kappa shape index (κ2) is 15.4. The van der Waals surface area contributed by atoms with Crippen LogP contribution in [0.25, 0.3) is 77.2 Å². The molecule has 0 spiro atoms. The third-order valence-electron chi connectivity index (χ3n) is 15.0. The maximum atomic E-state index is 2.63. The highest BCUT2D eigenvalue weighted by molar-refractivity contribution is 6.30. The summed E-state index contributed by atoms with van der Waals surface area (Å²) < 4.78 is 0. The number of anilines is 3. The molecule has 1 nitrogen and oxygen atoms in total. The molecule has 322 valence electrons. The molecule has 0 saturated carbocycles. The van der Waals surface area contributed by atoms with Gasteiger partial charge >= 0.3 is 0 Å². The molecule has 0 heterocycles. The SMILES string of the molecule is Cc1ccc(C)c(-c2c3c(c(-c4cc(C)ccc4C)c4ccccc24)-c2cc4c(c5cccc-3c25)-c2ccc(N(c3ccccc3)c3ccccc3)cc2C4(c2ccccc2)c2ccccc2)c1. The summed E-state index contributed by atoms with van der Waals surface area (Å²) in [5.41, 5.74) is 25.9. The van der Waals surface area contributed by atoms with Crippen molar-refractivity contribution in [2.24, 2.45) is 0 Å². The van der Waals surface area contributed by atoms with E-state index in [2.05, 4.69) is 257 Å². The first-order valence-corrected chi connectivity index (χ1v) is 23.9. The molecule has 0 unspecified atom stereocenters. The molecule has 0 fully saturated rings. The fourth-order valence-electron chi connectivity index (χ4n) is 12.1. The van der Waals surface area contributed by atoms with Crippen LogP contribution in [0.15, 0.2) is 224 Å². The summed E-state index contributed by atoms with van der Waals surface area (Å²) in [6.07, 6.45) is 0. The number of nitrogens with zero attached hydrogens (tertiary/aromatic N) is 1. The largest absolute Gasteiger partial charge is 0.310 e. The predicted octanol–water partition coefficient (Wildman–Crippen LogP) is 18.0. The lowest BCUT2D eigenvalue weighted by Gasteiger charge is -2.35. The second-order valence-corrected chi connectivity index (χ2v) is 19.0. The minimum Gasteiger partial charge on any atom is -0.310 e. The molecule has 0 aromatic heterocycles. The average Bonchev–Trinajstić information content (AvgIpc) is 3.87. The quantitative estimate of drug-likeness (QED) is 0.154. The smallest absolute Gasteiger partial charge is 0.0714 e. The molecule has 2 aliphatic carbocycles. The summed E-state index contributed by atoms with van der Waals surface area (Å²) in [5.74, 6) is 0. The Morgan fingerprint density at radius 3 is 1.32 bits per heavy atom. The highest BCUT2D eigenvalue weighted by Gasteiger charge is 2.48. The van der Waals surface area contributed by atoms with E-state index in [1.165, 1.54) is 122 Å². The molecule has 68 heavy (non-hydrogen) atoms. The average molecular weight is 868 g/mol. The van der Waals surface area contributed by atoms with E-state index in [0.29, 0.717) is 0 Å². The highest BCUT2D eigenvalue weighted by atomic mass is 15.1. The lowest BCUT2D eigenvalue weighted by atomic mass is 9.67. The van der Waals surface area contributed by atoms with Crippen LogP contribution in [0.4, 0.5) is 17.1 Å². The van der Waals surface area contributed by atoms with Crippen molar-refractivity contribution in [2.75, 3.05) is 4.90 Å². The molecular weight excluding hydrogens is 819 g/mol. The standard InChI is InChI=1S/C67H49N/c1-42-32-34-44(3)56(38-42)63-51-28-17-18-29-52(51)64(57-39-43(2)33-35-45(57)4)66-58-41-60-62(54-30-19-31-55(61(54)58)65(63)66)53-37-36-50(68(48-24-13-7-14-25-48)49-26-15-8-16-27-49)40-59(53)67(60,46-20-9-5-10-21-46)47-22-11-6-12-23-47/h5-41H,1-4H3. The van der Waals surface area contributed by atoms with E-state index >= 15 is 0 Å². The summed E-state index contributed by atoms with van der Waals surface area (Å²) in [5, 5.41) is 5.19. The second-order valence-electron chi connectivity index (χ2n) is 19.0. The van der Waals surface area contributed by atoms with Crippen LogP contribution in [0.1, 0.15) is 44.5 Å². The molecule has 0 aliphatic heterocycles. The molecule has 2 aliphatic rings. The van der Waals surface area contributed by atoms with Gasteiger partial charge in [-0.25, -0.2) is 0 Å². The number of rotatable bonds is 7. The zero-order chi connectivity index (χ0) is 45.7. The van der Waals surface area contributed by atoms with E-state index in [0.717, 1.165) is 17.1 Å². The van der Waals surface area contributed by atoms with Gasteiger partial charge in [-0.2, -0.15) is 0 Å². The minimum absolute atomic E-state index is 0.655. The van der Waals surface area contributed by atoms with Gasteiger partial charge in [0.25, 0.3) is 0 Å². The molecule has 0 atom stereocenters. The normalized spacial score (nSPS) is 12.8. The van der Waals surface area contributed by atoms with Gasteiger partial charge in [-0.1, -0.05) is 193 Å². The van der Waals surface area contributed by atoms with Gasteiger partial charge in [0.05, 0.1) is 5.41 Å². The fourth-order valence-corrected chi connectivity index (χ4v) is 12.1. The Bertz CT molecular complexity index is 3730. The van der Waals surface area contributed by atoms with Crippen LogP contribution in [0.2, 0.25) is 0 Å². The number of para-hydroxylation sites is 2. The zero-order valence-corrected chi connectivity index (χ0v) is 38.8. The van der Waals surface area contributed by atoms with Crippen molar-refractivity contribution in [2.45, 2.75) is 33.1 Å². The Labute approximate surface area is 399 Å². The summed E-state index contributed by atoms with van der Waals surface area (Å²) in [6.45, 7) is 9.02. The van der Waals surface area contributed by atoms with Crippen LogP contribution in [-0.2, 0) is 5.41 Å². The van der Waals surface area contributed by atoms with Crippen molar-refractivity contribution >= 4 is 38.6 Å². The van der Waals surface area contributed by atoms with E-state index in [-0.39, 0.29) is 0 Å². The highest BCUT2D eigenvalue weighted by Crippen LogP contribution is 2.65. The van der Waals surface area contributed by atoms with Crippen LogP contribution in [-0.4, -0.2) is 0 Å². The molecule has 13 rings (SSSR count). The first-order valence-electron chi connectivity index (χ1n) is 23.9. The third kappa shape index (κ3) is 5.75. The summed E-state index contributed by atoms with van der Waals surface area (Å²) in [6, 6.07) is 84.4. The number of hydrogen-bond donors (Lipinski definition) is 0. The molecule has 0 saturated heterocycles. The van der Waals surface area contributed by atoms with Crippen LogP contribution in [0, 0.1) is 27.7 Å². The molecular formula is C67H49N. The molecule has 0 bridgehead atoms. The van der Waals surface area contributed by atoms with Crippen LogP contribution >= 0.6 is 0 Å². The Morgan fingerprint density at radius 1 is 0.294 bits per heavy atom. The van der Waals surface area contributed by atoms with Gasteiger partial charge in [0, 0.05) is 17.1 Å². The Hall–Kier alpha value is -8.26. The van der Waals surface area contributed by atoms with Crippen LogP contribution < -0.4 is 4.90 Å². The van der Waals surface area contributed by atoms with Crippen LogP contribution in [0.3, 0.4) is 0 Å². The first kappa shape index (κ1) is 40.1. The maximum Gasteiger partial charge on any atom is 0.0714 e. The summed E-state index contributed by atoms with van der Waals surface area (Å²) >= 11 is 0. The zero-order valence-electron chi connectivity index (χ0n) is 38.8. The summed E-state index contributed by atoms with van der Waals surface area (Å²) in [7, 11) is 0. The molecule has 0 N–H and O–H groups in total. The lowest BCUT2D eigenvalue weighted by Crippen LogP contribution is -2.29.